The van der Waals surface area contributed by atoms with Crippen LogP contribution in [0.5, 0.6) is 0 Å². The van der Waals surface area contributed by atoms with Gasteiger partial charge in [-0.15, -0.1) is 0 Å². The smallest absolute Gasteiger partial charge is 0.213 e. The molecule has 0 aliphatic carbocycles. The summed E-state index contributed by atoms with van der Waals surface area (Å²) < 4.78 is 2.33. The first-order chi connectivity index (χ1) is 9.15. The molecule has 2 aromatic heterocycles. The van der Waals surface area contributed by atoms with Crippen molar-refractivity contribution >= 4 is 12.2 Å². The van der Waals surface area contributed by atoms with Crippen LogP contribution >= 0.6 is 12.2 Å². The molecule has 96 valence electrons. The Morgan fingerprint density at radius 3 is 2.47 bits per heavy atom. The molecule has 0 spiro atoms. The highest BCUT2D eigenvalue weighted by atomic mass is 32.1. The Balaban J connectivity index is 2.08. The van der Waals surface area contributed by atoms with Gasteiger partial charge in [-0.3, -0.25) is 10.2 Å². The maximum absolute atomic E-state index is 4.97. The number of hydrogen-bond donors (Lipinski definition) is 2. The number of nitrogens with zero attached hydrogens (tertiary/aromatic N) is 3. The van der Waals surface area contributed by atoms with Crippen molar-refractivity contribution in [3.05, 3.63) is 46.5 Å². The summed E-state index contributed by atoms with van der Waals surface area (Å²) in [5.41, 5.74) is 4.21. The first-order valence-corrected chi connectivity index (χ1v) is 6.33. The van der Waals surface area contributed by atoms with E-state index in [-0.39, 0.29) is 0 Å². The molecule has 0 fully saturated rings. The number of hydrogen-bond acceptors (Lipinski definition) is 3. The summed E-state index contributed by atoms with van der Waals surface area (Å²) in [5.74, 6) is 0.709. The van der Waals surface area contributed by atoms with Crippen LogP contribution in [0.25, 0.3) is 17.1 Å². The summed E-state index contributed by atoms with van der Waals surface area (Å²) in [5, 5.41) is 10.1. The lowest BCUT2D eigenvalue weighted by atomic mass is 10.2. The van der Waals surface area contributed by atoms with Gasteiger partial charge >= 0.3 is 0 Å². The molecule has 19 heavy (non-hydrogen) atoms. The lowest BCUT2D eigenvalue weighted by Gasteiger charge is -2.05. The van der Waals surface area contributed by atoms with Crippen molar-refractivity contribution in [2.45, 2.75) is 13.8 Å². The van der Waals surface area contributed by atoms with E-state index in [1.807, 2.05) is 23.7 Å². The zero-order valence-electron chi connectivity index (χ0n) is 10.6. The molecule has 0 radical (unpaired) electrons. The molecule has 0 saturated heterocycles. The van der Waals surface area contributed by atoms with E-state index in [0.717, 1.165) is 16.9 Å². The van der Waals surface area contributed by atoms with Crippen molar-refractivity contribution in [2.24, 2.45) is 0 Å². The Bertz CT molecular complexity index is 763. The van der Waals surface area contributed by atoms with E-state index in [0.29, 0.717) is 10.6 Å². The number of rotatable bonds is 2. The molecule has 3 rings (SSSR count). The first kappa shape index (κ1) is 11.9. The van der Waals surface area contributed by atoms with E-state index < -0.39 is 0 Å². The van der Waals surface area contributed by atoms with Gasteiger partial charge in [0.1, 0.15) is 0 Å². The average molecular weight is 271 g/mol. The lowest BCUT2D eigenvalue weighted by Crippen LogP contribution is -1.98. The third-order valence-corrected chi connectivity index (χ3v) is 3.24. The molecular formula is C13H13N5S. The lowest BCUT2D eigenvalue weighted by molar-refractivity contribution is 0.847. The summed E-state index contributed by atoms with van der Waals surface area (Å²) in [4.78, 5) is 4.21. The van der Waals surface area contributed by atoms with Crippen molar-refractivity contribution < 1.29 is 0 Å². The topological polar surface area (TPSA) is 62.3 Å². The molecule has 3 aromatic rings. The largest absolute Gasteiger partial charge is 0.282 e. The van der Waals surface area contributed by atoms with Gasteiger partial charge in [-0.25, -0.2) is 4.68 Å². The van der Waals surface area contributed by atoms with Crippen molar-refractivity contribution in [2.75, 3.05) is 0 Å². The zero-order chi connectivity index (χ0) is 13.4. The van der Waals surface area contributed by atoms with Gasteiger partial charge in [-0.1, -0.05) is 17.7 Å². The predicted molar refractivity (Wildman–Crippen MR) is 75.8 cm³/mol. The molecule has 0 aliphatic heterocycles. The maximum atomic E-state index is 4.97. The third-order valence-electron chi connectivity index (χ3n) is 3.04. The van der Waals surface area contributed by atoms with Crippen molar-refractivity contribution in [1.29, 1.82) is 0 Å². The first-order valence-electron chi connectivity index (χ1n) is 5.92. The van der Waals surface area contributed by atoms with Gasteiger partial charge in [0.25, 0.3) is 0 Å². The molecule has 0 atom stereocenters. The second kappa shape index (κ2) is 4.47. The summed E-state index contributed by atoms with van der Waals surface area (Å²) >= 11 is 4.97. The molecule has 0 unspecified atom stereocenters. The molecule has 1 aromatic carbocycles. The van der Waals surface area contributed by atoms with E-state index >= 15 is 0 Å². The van der Waals surface area contributed by atoms with Crippen LogP contribution in [-0.4, -0.2) is 25.0 Å². The van der Waals surface area contributed by atoms with Gasteiger partial charge in [-0.2, -0.15) is 10.1 Å². The van der Waals surface area contributed by atoms with Crippen molar-refractivity contribution in [3.8, 4) is 17.1 Å². The molecule has 0 aliphatic rings. The van der Waals surface area contributed by atoms with E-state index in [4.69, 9.17) is 12.2 Å². The number of benzene rings is 1. The number of aromatic nitrogens is 5. The average Bonchev–Trinajstić information content (AvgIpc) is 2.97. The summed E-state index contributed by atoms with van der Waals surface area (Å²) in [6.07, 6.45) is 1.79. The normalized spacial score (nSPS) is 10.8. The maximum Gasteiger partial charge on any atom is 0.213 e. The summed E-state index contributed by atoms with van der Waals surface area (Å²) in [6.45, 7) is 4.07. The fourth-order valence-corrected chi connectivity index (χ4v) is 2.13. The second-order valence-corrected chi connectivity index (χ2v) is 4.79. The highest BCUT2D eigenvalue weighted by Gasteiger charge is 2.12. The van der Waals surface area contributed by atoms with E-state index in [2.05, 4.69) is 39.3 Å². The molecule has 0 saturated carbocycles. The van der Waals surface area contributed by atoms with Gasteiger partial charge in [0, 0.05) is 0 Å². The van der Waals surface area contributed by atoms with Gasteiger partial charge in [0.05, 0.1) is 23.1 Å². The van der Waals surface area contributed by atoms with Crippen LogP contribution in [0, 0.1) is 18.6 Å². The van der Waals surface area contributed by atoms with Crippen LogP contribution in [0.3, 0.4) is 0 Å². The Hall–Kier alpha value is -2.21. The van der Waals surface area contributed by atoms with Crippen LogP contribution < -0.4 is 0 Å². The van der Waals surface area contributed by atoms with Crippen LogP contribution in [0.2, 0.25) is 0 Å². The number of aromatic amines is 2. The molecule has 5 nitrogen and oxygen atoms in total. The quantitative estimate of drug-likeness (QED) is 0.704. The highest BCUT2D eigenvalue weighted by Crippen LogP contribution is 2.21. The van der Waals surface area contributed by atoms with E-state index in [1.54, 1.807) is 6.20 Å². The monoisotopic (exact) mass is 271 g/mol. The molecule has 0 bridgehead atoms. The predicted octanol–water partition coefficient (Wildman–Crippen LogP) is 2.94. The zero-order valence-corrected chi connectivity index (χ0v) is 11.5. The molecule has 2 N–H and O–H groups in total. The van der Waals surface area contributed by atoms with Gasteiger partial charge in [-0.05, 0) is 38.2 Å². The van der Waals surface area contributed by atoms with Crippen molar-refractivity contribution in [3.63, 3.8) is 0 Å². The van der Waals surface area contributed by atoms with Crippen molar-refractivity contribution in [1.82, 2.24) is 25.0 Å². The van der Waals surface area contributed by atoms with E-state index in [9.17, 15) is 0 Å². The standard InChI is InChI=1S/C13H13N5S/c1-8-3-5-10(6-4-8)18-9(2)11(7-14-18)12-15-13(19)17-16-12/h3-7H,1-2H3,(H2,15,16,17,19). The Morgan fingerprint density at radius 2 is 1.84 bits per heavy atom. The second-order valence-electron chi connectivity index (χ2n) is 4.41. The Morgan fingerprint density at radius 1 is 1.11 bits per heavy atom. The Kier molecular flexibility index (Phi) is 2.79. The van der Waals surface area contributed by atoms with E-state index in [1.165, 1.54) is 5.56 Å². The van der Waals surface area contributed by atoms with Gasteiger partial charge in [0.15, 0.2) is 5.82 Å². The Labute approximate surface area is 115 Å². The minimum atomic E-state index is 0.442. The minimum Gasteiger partial charge on any atom is -0.282 e. The fraction of sp³-hybridized carbons (Fsp3) is 0.154. The van der Waals surface area contributed by atoms with Crippen LogP contribution in [0.1, 0.15) is 11.3 Å². The molecular weight excluding hydrogens is 258 g/mol. The van der Waals surface area contributed by atoms with Gasteiger partial charge in [0.2, 0.25) is 4.77 Å². The van der Waals surface area contributed by atoms with Crippen LogP contribution in [0.15, 0.2) is 30.5 Å². The number of H-pyrrole nitrogens is 2. The SMILES string of the molecule is Cc1ccc(-n2ncc(-c3nc(=S)[nH][nH]3)c2C)cc1. The number of nitrogens with one attached hydrogen (secondary N) is 2. The fourth-order valence-electron chi connectivity index (χ4n) is 1.99. The van der Waals surface area contributed by atoms with Gasteiger partial charge < -0.3 is 0 Å². The number of aryl methyl sites for hydroxylation is 1. The van der Waals surface area contributed by atoms with Crippen LogP contribution in [-0.2, 0) is 0 Å². The highest BCUT2D eigenvalue weighted by molar-refractivity contribution is 7.71. The molecule has 2 heterocycles. The third kappa shape index (κ3) is 2.10. The molecule has 0 amide bonds. The summed E-state index contributed by atoms with van der Waals surface area (Å²) in [7, 11) is 0. The molecule has 6 heteroatoms. The minimum absolute atomic E-state index is 0.442. The summed E-state index contributed by atoms with van der Waals surface area (Å²) in [6, 6.07) is 8.23. The van der Waals surface area contributed by atoms with Crippen LogP contribution in [0.4, 0.5) is 0 Å².